The third-order valence-electron chi connectivity index (χ3n) is 1.37. The lowest BCUT2D eigenvalue weighted by Gasteiger charge is -2.23. The Morgan fingerprint density at radius 3 is 2.14 bits per heavy atom. The first-order valence-corrected chi connectivity index (χ1v) is 4.35. The van der Waals surface area contributed by atoms with Gasteiger partial charge in [0, 0.05) is 5.54 Å². The van der Waals surface area contributed by atoms with Gasteiger partial charge in [0.2, 0.25) is 5.91 Å². The lowest BCUT2D eigenvalue weighted by molar-refractivity contribution is -0.123. The first kappa shape index (κ1) is 12.7. The summed E-state index contributed by atoms with van der Waals surface area (Å²) < 4.78 is 0. The van der Waals surface area contributed by atoms with E-state index in [0.717, 1.165) is 0 Å². The second-order valence-electron chi connectivity index (χ2n) is 4.08. The molecule has 0 aliphatic carbocycles. The summed E-state index contributed by atoms with van der Waals surface area (Å²) in [5.41, 5.74) is 1.57. The molecule has 0 heterocycles. The largest absolute Gasteiger partial charge is 0.350 e. The Hall–Kier alpha value is -1.30. The number of hydrogen-bond acceptors (Lipinski definition) is 3. The fraction of sp³-hybridized carbons (Fsp3) is 0.750. The van der Waals surface area contributed by atoms with E-state index in [1.54, 1.807) is 6.92 Å². The molecule has 0 aromatic heterocycles. The topological polar surface area (TPSA) is 96.2 Å². The molecule has 0 saturated heterocycles. The molecule has 0 aliphatic rings. The summed E-state index contributed by atoms with van der Waals surface area (Å²) in [6.07, 6.45) is 0. The minimum absolute atomic E-state index is 0.249. The molecule has 0 radical (unpaired) electrons. The highest BCUT2D eigenvalue weighted by Gasteiger charge is 2.19. The van der Waals surface area contributed by atoms with Crippen molar-refractivity contribution in [3.05, 3.63) is 0 Å². The summed E-state index contributed by atoms with van der Waals surface area (Å²) in [6, 6.07) is -1.20. The van der Waals surface area contributed by atoms with Gasteiger partial charge in [-0.1, -0.05) is 0 Å². The molecule has 0 aromatic rings. The van der Waals surface area contributed by atoms with E-state index in [1.807, 2.05) is 26.2 Å². The van der Waals surface area contributed by atoms with E-state index < -0.39 is 12.1 Å². The highest BCUT2D eigenvalue weighted by Crippen LogP contribution is 1.99. The minimum atomic E-state index is -0.613. The van der Waals surface area contributed by atoms with Gasteiger partial charge in [-0.2, -0.15) is 0 Å². The number of carbonyl (C=O) groups excluding carboxylic acids is 2. The second-order valence-corrected chi connectivity index (χ2v) is 4.08. The highest BCUT2D eigenvalue weighted by atomic mass is 16.2. The van der Waals surface area contributed by atoms with Crippen LogP contribution in [0.25, 0.3) is 0 Å². The number of urea groups is 1. The van der Waals surface area contributed by atoms with E-state index >= 15 is 0 Å². The molecule has 0 rings (SSSR count). The summed E-state index contributed by atoms with van der Waals surface area (Å²) in [5.74, 6) is 4.60. The molecule has 14 heavy (non-hydrogen) atoms. The zero-order chi connectivity index (χ0) is 11.4. The standard InChI is InChI=1S/C8H18N4O2/c1-5(10-7(14)12-9)6(13)11-8(2,3)4/h5H,9H2,1-4H3,(H,11,13)(H2,10,12,14). The smallest absolute Gasteiger partial charge is 0.329 e. The molecule has 0 spiro atoms. The van der Waals surface area contributed by atoms with Crippen molar-refractivity contribution >= 4 is 11.9 Å². The van der Waals surface area contributed by atoms with Crippen LogP contribution in [0.3, 0.4) is 0 Å². The molecule has 0 bridgehead atoms. The van der Waals surface area contributed by atoms with Crippen molar-refractivity contribution in [2.45, 2.75) is 39.3 Å². The first-order valence-electron chi connectivity index (χ1n) is 4.35. The van der Waals surface area contributed by atoms with Crippen LogP contribution in [-0.4, -0.2) is 23.5 Å². The van der Waals surface area contributed by atoms with Gasteiger partial charge in [0.15, 0.2) is 0 Å². The van der Waals surface area contributed by atoms with Crippen LogP contribution in [0.1, 0.15) is 27.7 Å². The van der Waals surface area contributed by atoms with E-state index in [4.69, 9.17) is 5.84 Å². The summed E-state index contributed by atoms with van der Waals surface area (Å²) in [6.45, 7) is 7.16. The van der Waals surface area contributed by atoms with Crippen molar-refractivity contribution in [1.82, 2.24) is 16.1 Å². The van der Waals surface area contributed by atoms with Gasteiger partial charge >= 0.3 is 6.03 Å². The maximum atomic E-state index is 11.4. The van der Waals surface area contributed by atoms with Crippen molar-refractivity contribution in [2.24, 2.45) is 5.84 Å². The lowest BCUT2D eigenvalue weighted by Crippen LogP contribution is -2.53. The molecule has 0 aromatic carbocycles. The first-order chi connectivity index (χ1) is 6.26. The van der Waals surface area contributed by atoms with Gasteiger partial charge < -0.3 is 10.6 Å². The molecule has 6 nitrogen and oxygen atoms in total. The Balaban J connectivity index is 4.07. The summed E-state index contributed by atoms with van der Waals surface area (Å²) in [4.78, 5) is 22.2. The van der Waals surface area contributed by atoms with E-state index in [0.29, 0.717) is 0 Å². The molecule has 1 atom stereocenters. The van der Waals surface area contributed by atoms with Crippen molar-refractivity contribution in [3.8, 4) is 0 Å². The van der Waals surface area contributed by atoms with Crippen LogP contribution in [-0.2, 0) is 4.79 Å². The Morgan fingerprint density at radius 2 is 1.79 bits per heavy atom. The van der Waals surface area contributed by atoms with E-state index in [9.17, 15) is 9.59 Å². The van der Waals surface area contributed by atoms with Crippen LogP contribution in [0, 0.1) is 0 Å². The predicted molar refractivity (Wildman–Crippen MR) is 53.2 cm³/mol. The molecule has 5 N–H and O–H groups in total. The lowest BCUT2D eigenvalue weighted by atomic mass is 10.1. The monoisotopic (exact) mass is 202 g/mol. The van der Waals surface area contributed by atoms with Gasteiger partial charge in [-0.25, -0.2) is 10.6 Å². The van der Waals surface area contributed by atoms with Crippen LogP contribution in [0.5, 0.6) is 0 Å². The van der Waals surface area contributed by atoms with Crippen molar-refractivity contribution in [2.75, 3.05) is 0 Å². The summed E-state index contributed by atoms with van der Waals surface area (Å²) >= 11 is 0. The average Bonchev–Trinajstić information content (AvgIpc) is 2.00. The molecule has 6 heteroatoms. The Kier molecular flexibility index (Phi) is 4.36. The van der Waals surface area contributed by atoms with Gasteiger partial charge in [-0.3, -0.25) is 10.2 Å². The Labute approximate surface area is 83.6 Å². The number of amides is 3. The second kappa shape index (κ2) is 4.80. The van der Waals surface area contributed by atoms with Crippen molar-refractivity contribution in [3.63, 3.8) is 0 Å². The number of hydrazine groups is 1. The van der Waals surface area contributed by atoms with Crippen LogP contribution in [0.2, 0.25) is 0 Å². The quantitative estimate of drug-likeness (QED) is 0.275. The fourth-order valence-electron chi connectivity index (χ4n) is 0.782. The molecule has 0 aliphatic heterocycles. The molecular weight excluding hydrogens is 184 g/mol. The van der Waals surface area contributed by atoms with Crippen LogP contribution < -0.4 is 21.9 Å². The predicted octanol–water partition coefficient (Wildman–Crippen LogP) is -0.537. The summed E-state index contributed by atoms with van der Waals surface area (Å²) in [7, 11) is 0. The Morgan fingerprint density at radius 1 is 1.29 bits per heavy atom. The SMILES string of the molecule is CC(NC(=O)NN)C(=O)NC(C)(C)C. The Bertz CT molecular complexity index is 222. The zero-order valence-corrected chi connectivity index (χ0v) is 8.97. The van der Waals surface area contributed by atoms with Crippen LogP contribution >= 0.6 is 0 Å². The third kappa shape index (κ3) is 5.36. The van der Waals surface area contributed by atoms with Gasteiger partial charge in [-0.15, -0.1) is 0 Å². The maximum Gasteiger partial charge on any atom is 0.329 e. The number of nitrogens with two attached hydrogens (primary N) is 1. The fourth-order valence-corrected chi connectivity index (χ4v) is 0.782. The molecular formula is C8H18N4O2. The van der Waals surface area contributed by atoms with Crippen LogP contribution in [0.4, 0.5) is 4.79 Å². The normalized spacial score (nSPS) is 12.9. The number of hydrogen-bond donors (Lipinski definition) is 4. The molecule has 0 saturated carbocycles. The van der Waals surface area contributed by atoms with E-state index in [-0.39, 0.29) is 11.4 Å². The van der Waals surface area contributed by atoms with Gasteiger partial charge in [0.1, 0.15) is 6.04 Å². The number of carbonyl (C=O) groups is 2. The maximum absolute atomic E-state index is 11.4. The van der Waals surface area contributed by atoms with Crippen LogP contribution in [0.15, 0.2) is 0 Å². The third-order valence-corrected chi connectivity index (χ3v) is 1.37. The van der Waals surface area contributed by atoms with E-state index in [2.05, 4.69) is 10.6 Å². The number of rotatable bonds is 2. The minimum Gasteiger partial charge on any atom is -0.350 e. The highest BCUT2D eigenvalue weighted by molar-refractivity contribution is 5.86. The average molecular weight is 202 g/mol. The van der Waals surface area contributed by atoms with Gasteiger partial charge in [-0.05, 0) is 27.7 Å². The van der Waals surface area contributed by atoms with Crippen molar-refractivity contribution in [1.29, 1.82) is 0 Å². The number of nitrogens with one attached hydrogen (secondary N) is 3. The molecule has 0 fully saturated rings. The molecule has 82 valence electrons. The van der Waals surface area contributed by atoms with Gasteiger partial charge in [0.25, 0.3) is 0 Å². The molecule has 3 amide bonds. The zero-order valence-electron chi connectivity index (χ0n) is 8.97. The summed E-state index contributed by atoms with van der Waals surface area (Å²) in [5, 5.41) is 5.09. The van der Waals surface area contributed by atoms with Gasteiger partial charge in [0.05, 0.1) is 0 Å². The van der Waals surface area contributed by atoms with E-state index in [1.165, 1.54) is 0 Å². The molecule has 1 unspecified atom stereocenters. The van der Waals surface area contributed by atoms with Crippen molar-refractivity contribution < 1.29 is 9.59 Å².